The Balaban J connectivity index is 1.86. The molecule has 0 atom stereocenters. The zero-order valence-electron chi connectivity index (χ0n) is 12.9. The number of carbonyl (C=O) groups is 1. The molecular formula is C18H21BrN2O. The number of carbonyl (C=O) groups excluding carboxylic acids is 1. The fourth-order valence-corrected chi connectivity index (χ4v) is 2.65. The van der Waals surface area contributed by atoms with Crippen LogP contribution in [-0.2, 0) is 4.79 Å². The van der Waals surface area contributed by atoms with Crippen LogP contribution < -0.4 is 10.6 Å². The van der Waals surface area contributed by atoms with Gasteiger partial charge in [0.1, 0.15) is 0 Å². The molecule has 2 N–H and O–H groups in total. The fraction of sp³-hybridized carbons (Fsp3) is 0.278. The molecule has 2 aromatic rings. The maximum Gasteiger partial charge on any atom is 0.226 e. The lowest BCUT2D eigenvalue weighted by molar-refractivity contribution is -0.115. The van der Waals surface area contributed by atoms with E-state index in [-0.39, 0.29) is 5.91 Å². The number of halogens is 1. The molecule has 3 nitrogen and oxygen atoms in total. The van der Waals surface area contributed by atoms with Crippen LogP contribution in [0.3, 0.4) is 0 Å². The summed E-state index contributed by atoms with van der Waals surface area (Å²) in [7, 11) is 0. The van der Waals surface area contributed by atoms with Crippen molar-refractivity contribution in [1.29, 1.82) is 0 Å². The Labute approximate surface area is 140 Å². The third-order valence-electron chi connectivity index (χ3n) is 3.36. The zero-order valence-corrected chi connectivity index (χ0v) is 14.5. The van der Waals surface area contributed by atoms with E-state index in [1.165, 1.54) is 0 Å². The third kappa shape index (κ3) is 4.88. The van der Waals surface area contributed by atoms with Gasteiger partial charge in [0.25, 0.3) is 0 Å². The minimum absolute atomic E-state index is 0.0237. The molecule has 1 amide bonds. The number of nitrogens with one attached hydrogen (secondary N) is 2. The Kier molecular flexibility index (Phi) is 6.01. The highest BCUT2D eigenvalue weighted by Gasteiger charge is 2.08. The minimum atomic E-state index is 0.0237. The van der Waals surface area contributed by atoms with Gasteiger partial charge in [-0.3, -0.25) is 4.79 Å². The van der Waals surface area contributed by atoms with Crippen LogP contribution in [0.2, 0.25) is 0 Å². The van der Waals surface area contributed by atoms with Gasteiger partial charge in [-0.1, -0.05) is 54.0 Å². The number of hydrogen-bond donors (Lipinski definition) is 2. The second-order valence-corrected chi connectivity index (χ2v) is 6.39. The Hall–Kier alpha value is -1.81. The van der Waals surface area contributed by atoms with E-state index < -0.39 is 0 Å². The molecule has 0 aliphatic heterocycles. The van der Waals surface area contributed by atoms with Crippen LogP contribution in [0.15, 0.2) is 53.0 Å². The van der Waals surface area contributed by atoms with E-state index in [1.54, 1.807) is 0 Å². The summed E-state index contributed by atoms with van der Waals surface area (Å²) in [6.07, 6.45) is 0.430. The predicted molar refractivity (Wildman–Crippen MR) is 96.4 cm³/mol. The van der Waals surface area contributed by atoms with Crippen LogP contribution in [0.25, 0.3) is 0 Å². The van der Waals surface area contributed by atoms with E-state index in [4.69, 9.17) is 0 Å². The summed E-state index contributed by atoms with van der Waals surface area (Å²) in [5, 5.41) is 6.25. The molecule has 116 valence electrons. The number of benzene rings is 2. The van der Waals surface area contributed by atoms with Crippen LogP contribution in [0, 0.1) is 0 Å². The van der Waals surface area contributed by atoms with Gasteiger partial charge in [0, 0.05) is 28.8 Å². The summed E-state index contributed by atoms with van der Waals surface area (Å²) < 4.78 is 1.02. The predicted octanol–water partition coefficient (Wildman–Crippen LogP) is 5.01. The van der Waals surface area contributed by atoms with Crippen LogP contribution in [-0.4, -0.2) is 12.5 Å². The topological polar surface area (TPSA) is 41.1 Å². The van der Waals surface area contributed by atoms with Gasteiger partial charge < -0.3 is 10.6 Å². The van der Waals surface area contributed by atoms with Gasteiger partial charge in [-0.15, -0.1) is 0 Å². The van der Waals surface area contributed by atoms with Gasteiger partial charge in [-0.25, -0.2) is 0 Å². The van der Waals surface area contributed by atoms with Crippen molar-refractivity contribution in [2.75, 3.05) is 17.2 Å². The third-order valence-corrected chi connectivity index (χ3v) is 3.86. The Morgan fingerprint density at radius 3 is 2.64 bits per heavy atom. The molecule has 0 fully saturated rings. The maximum atomic E-state index is 12.1. The molecule has 0 heterocycles. The lowest BCUT2D eigenvalue weighted by Gasteiger charge is -2.14. The van der Waals surface area contributed by atoms with Gasteiger partial charge >= 0.3 is 0 Å². The summed E-state index contributed by atoms with van der Waals surface area (Å²) in [6, 6.07) is 15.9. The van der Waals surface area contributed by atoms with E-state index in [2.05, 4.69) is 46.5 Å². The fourth-order valence-electron chi connectivity index (χ4n) is 2.25. The number of amides is 1. The van der Waals surface area contributed by atoms with Crippen molar-refractivity contribution in [2.45, 2.75) is 26.2 Å². The first-order valence-corrected chi connectivity index (χ1v) is 8.24. The van der Waals surface area contributed by atoms with Gasteiger partial charge in [0.15, 0.2) is 0 Å². The van der Waals surface area contributed by atoms with Gasteiger partial charge in [0.05, 0.1) is 0 Å². The molecule has 0 saturated carbocycles. The number of anilines is 2. The second kappa shape index (κ2) is 7.99. The molecule has 0 bridgehead atoms. The summed E-state index contributed by atoms with van der Waals surface area (Å²) in [4.78, 5) is 12.1. The smallest absolute Gasteiger partial charge is 0.226 e. The largest absolute Gasteiger partial charge is 0.384 e. The quantitative estimate of drug-likeness (QED) is 0.759. The molecule has 0 aliphatic rings. The van der Waals surface area contributed by atoms with Crippen LogP contribution in [0.4, 0.5) is 11.4 Å². The molecule has 0 spiro atoms. The first-order chi connectivity index (χ1) is 10.6. The summed E-state index contributed by atoms with van der Waals surface area (Å²) in [5.74, 6) is 0.409. The molecule has 2 rings (SSSR count). The van der Waals surface area contributed by atoms with E-state index in [0.29, 0.717) is 18.9 Å². The lowest BCUT2D eigenvalue weighted by Crippen LogP contribution is -2.17. The number of rotatable bonds is 6. The number of para-hydroxylation sites is 1. The Morgan fingerprint density at radius 2 is 1.91 bits per heavy atom. The molecule has 22 heavy (non-hydrogen) atoms. The van der Waals surface area contributed by atoms with Crippen molar-refractivity contribution < 1.29 is 4.79 Å². The molecule has 0 unspecified atom stereocenters. The van der Waals surface area contributed by atoms with Crippen LogP contribution >= 0.6 is 15.9 Å². The SMILES string of the molecule is CC(C)c1ccccc1NC(=O)CCNc1cccc(Br)c1. The van der Waals surface area contributed by atoms with Crippen molar-refractivity contribution >= 4 is 33.2 Å². The van der Waals surface area contributed by atoms with Crippen molar-refractivity contribution in [3.8, 4) is 0 Å². The molecule has 4 heteroatoms. The zero-order chi connectivity index (χ0) is 15.9. The highest BCUT2D eigenvalue weighted by molar-refractivity contribution is 9.10. The standard InChI is InChI=1S/C18H21BrN2O/c1-13(2)16-8-3-4-9-17(16)21-18(22)10-11-20-15-7-5-6-14(19)12-15/h3-9,12-13,20H,10-11H2,1-2H3,(H,21,22). The van der Waals surface area contributed by atoms with Crippen LogP contribution in [0.1, 0.15) is 31.7 Å². The Morgan fingerprint density at radius 1 is 1.14 bits per heavy atom. The second-order valence-electron chi connectivity index (χ2n) is 5.48. The highest BCUT2D eigenvalue weighted by Crippen LogP contribution is 2.23. The summed E-state index contributed by atoms with van der Waals surface area (Å²) >= 11 is 3.43. The van der Waals surface area contributed by atoms with E-state index in [0.717, 1.165) is 21.4 Å². The van der Waals surface area contributed by atoms with Gasteiger partial charge in [-0.05, 0) is 35.7 Å². The van der Waals surface area contributed by atoms with Gasteiger partial charge in [0.2, 0.25) is 5.91 Å². The lowest BCUT2D eigenvalue weighted by atomic mass is 10.0. The monoisotopic (exact) mass is 360 g/mol. The normalized spacial score (nSPS) is 10.5. The first-order valence-electron chi connectivity index (χ1n) is 7.44. The average molecular weight is 361 g/mol. The van der Waals surface area contributed by atoms with Crippen molar-refractivity contribution in [1.82, 2.24) is 0 Å². The van der Waals surface area contributed by atoms with E-state index in [1.807, 2.05) is 42.5 Å². The Bertz CT molecular complexity index is 640. The van der Waals surface area contributed by atoms with E-state index >= 15 is 0 Å². The molecule has 0 saturated heterocycles. The highest BCUT2D eigenvalue weighted by atomic mass is 79.9. The number of hydrogen-bond acceptors (Lipinski definition) is 2. The molecular weight excluding hydrogens is 340 g/mol. The molecule has 2 aromatic carbocycles. The van der Waals surface area contributed by atoms with Crippen molar-refractivity contribution in [3.63, 3.8) is 0 Å². The molecule has 0 aromatic heterocycles. The van der Waals surface area contributed by atoms with Crippen LogP contribution in [0.5, 0.6) is 0 Å². The van der Waals surface area contributed by atoms with Crippen molar-refractivity contribution in [2.24, 2.45) is 0 Å². The minimum Gasteiger partial charge on any atom is -0.384 e. The van der Waals surface area contributed by atoms with E-state index in [9.17, 15) is 4.79 Å². The molecule has 0 aliphatic carbocycles. The van der Waals surface area contributed by atoms with Crippen molar-refractivity contribution in [3.05, 3.63) is 58.6 Å². The summed E-state index contributed by atoms with van der Waals surface area (Å²) in [5.41, 5.74) is 3.07. The molecule has 0 radical (unpaired) electrons. The first kappa shape index (κ1) is 16.6. The average Bonchev–Trinajstić information content (AvgIpc) is 2.47. The maximum absolute atomic E-state index is 12.1. The summed E-state index contributed by atoms with van der Waals surface area (Å²) in [6.45, 7) is 4.85. The van der Waals surface area contributed by atoms with Gasteiger partial charge in [-0.2, -0.15) is 0 Å².